The molecule has 0 bridgehead atoms. The molecule has 0 saturated carbocycles. The summed E-state index contributed by atoms with van der Waals surface area (Å²) in [5, 5.41) is 0. The topological polar surface area (TPSA) is 36.3 Å². The van der Waals surface area contributed by atoms with Gasteiger partial charge in [0, 0.05) is 26.4 Å². The highest BCUT2D eigenvalue weighted by Gasteiger charge is 2.12. The molecule has 0 unspecified atom stereocenters. The molecule has 21 heavy (non-hydrogen) atoms. The van der Waals surface area contributed by atoms with E-state index < -0.39 is 8.07 Å². The summed E-state index contributed by atoms with van der Waals surface area (Å²) in [5.74, 6) is 0.855. The molecule has 2 aromatic rings. The lowest BCUT2D eigenvalue weighted by Gasteiger charge is -2.15. The minimum absolute atomic E-state index is 0.563. The first-order chi connectivity index (χ1) is 9.98. The largest absolute Gasteiger partial charge is 0.497 e. The van der Waals surface area contributed by atoms with Crippen molar-refractivity contribution in [2.24, 2.45) is 0 Å². The van der Waals surface area contributed by atoms with Crippen LogP contribution in [-0.4, -0.2) is 31.3 Å². The molecular weight excluding hydrogens is 280 g/mol. The van der Waals surface area contributed by atoms with Crippen LogP contribution in [-0.2, 0) is 11.5 Å². The SMILES string of the molecule is COc1ccc(-c2cn(COCC[Si](C)(C)C)cn2)cc1. The van der Waals surface area contributed by atoms with Crippen molar-refractivity contribution in [3.8, 4) is 17.0 Å². The molecule has 2 rings (SSSR count). The third kappa shape index (κ3) is 5.02. The van der Waals surface area contributed by atoms with Crippen LogP contribution in [0.4, 0.5) is 0 Å². The normalized spacial score (nSPS) is 11.6. The summed E-state index contributed by atoms with van der Waals surface area (Å²) in [5.41, 5.74) is 2.03. The summed E-state index contributed by atoms with van der Waals surface area (Å²) in [6.45, 7) is 8.46. The maximum Gasteiger partial charge on any atom is 0.123 e. The van der Waals surface area contributed by atoms with Gasteiger partial charge in [0.1, 0.15) is 12.5 Å². The molecule has 0 N–H and O–H groups in total. The maximum atomic E-state index is 5.72. The number of hydrogen-bond donors (Lipinski definition) is 0. The van der Waals surface area contributed by atoms with Gasteiger partial charge in [-0.1, -0.05) is 19.6 Å². The van der Waals surface area contributed by atoms with Gasteiger partial charge in [0.25, 0.3) is 0 Å². The van der Waals surface area contributed by atoms with Gasteiger partial charge in [0.05, 0.1) is 19.1 Å². The predicted molar refractivity (Wildman–Crippen MR) is 88.3 cm³/mol. The smallest absolute Gasteiger partial charge is 0.123 e. The van der Waals surface area contributed by atoms with E-state index >= 15 is 0 Å². The lowest BCUT2D eigenvalue weighted by Crippen LogP contribution is -2.21. The molecule has 1 aromatic heterocycles. The highest BCUT2D eigenvalue weighted by Crippen LogP contribution is 2.20. The van der Waals surface area contributed by atoms with Gasteiger partial charge < -0.3 is 14.0 Å². The van der Waals surface area contributed by atoms with Crippen molar-refractivity contribution < 1.29 is 9.47 Å². The summed E-state index contributed by atoms with van der Waals surface area (Å²) in [7, 11) is 0.655. The second-order valence-corrected chi connectivity index (χ2v) is 12.0. The Kier molecular flexibility index (Phi) is 5.20. The maximum absolute atomic E-state index is 5.72. The number of imidazole rings is 1. The summed E-state index contributed by atoms with van der Waals surface area (Å²) in [6.07, 6.45) is 3.82. The minimum atomic E-state index is -1.01. The Morgan fingerprint density at radius 1 is 1.14 bits per heavy atom. The Labute approximate surface area is 127 Å². The number of rotatable bonds is 7. The lowest BCUT2D eigenvalue weighted by atomic mass is 10.2. The van der Waals surface area contributed by atoms with Crippen molar-refractivity contribution in [1.82, 2.24) is 9.55 Å². The zero-order chi connectivity index (χ0) is 15.3. The van der Waals surface area contributed by atoms with E-state index in [0.29, 0.717) is 6.73 Å². The van der Waals surface area contributed by atoms with Crippen LogP contribution in [0.1, 0.15) is 0 Å². The minimum Gasteiger partial charge on any atom is -0.497 e. The van der Waals surface area contributed by atoms with Gasteiger partial charge in [-0.3, -0.25) is 0 Å². The fraction of sp³-hybridized carbons (Fsp3) is 0.438. The fourth-order valence-electron chi connectivity index (χ4n) is 1.89. The molecule has 0 aliphatic heterocycles. The molecule has 1 aromatic carbocycles. The van der Waals surface area contributed by atoms with Crippen LogP contribution in [0.2, 0.25) is 25.7 Å². The Balaban J connectivity index is 1.88. The Hall–Kier alpha value is -1.59. The molecular formula is C16H24N2O2Si. The first-order valence-corrected chi connectivity index (χ1v) is 10.9. The summed E-state index contributed by atoms with van der Waals surface area (Å²) < 4.78 is 12.9. The molecule has 0 spiro atoms. The van der Waals surface area contributed by atoms with Gasteiger partial charge in [-0.05, 0) is 30.3 Å². The van der Waals surface area contributed by atoms with Crippen molar-refractivity contribution in [3.05, 3.63) is 36.8 Å². The van der Waals surface area contributed by atoms with Crippen molar-refractivity contribution in [3.63, 3.8) is 0 Å². The van der Waals surface area contributed by atoms with Crippen LogP contribution in [0.15, 0.2) is 36.8 Å². The lowest BCUT2D eigenvalue weighted by molar-refractivity contribution is 0.0872. The molecule has 4 nitrogen and oxygen atoms in total. The second kappa shape index (κ2) is 6.91. The van der Waals surface area contributed by atoms with Crippen LogP contribution < -0.4 is 4.74 Å². The fourth-order valence-corrected chi connectivity index (χ4v) is 2.65. The highest BCUT2D eigenvalue weighted by molar-refractivity contribution is 6.76. The van der Waals surface area contributed by atoms with Crippen molar-refractivity contribution in [2.45, 2.75) is 32.4 Å². The average Bonchev–Trinajstić information content (AvgIpc) is 2.91. The van der Waals surface area contributed by atoms with Crippen LogP contribution in [0, 0.1) is 0 Å². The first-order valence-electron chi connectivity index (χ1n) is 7.22. The van der Waals surface area contributed by atoms with Crippen LogP contribution in [0.3, 0.4) is 0 Å². The van der Waals surface area contributed by atoms with Gasteiger partial charge in [-0.25, -0.2) is 4.98 Å². The van der Waals surface area contributed by atoms with Gasteiger partial charge in [0.2, 0.25) is 0 Å². The molecule has 0 atom stereocenters. The van der Waals surface area contributed by atoms with E-state index in [2.05, 4.69) is 24.6 Å². The first kappa shape index (κ1) is 15.8. The monoisotopic (exact) mass is 304 g/mol. The van der Waals surface area contributed by atoms with Crippen molar-refractivity contribution in [1.29, 1.82) is 0 Å². The van der Waals surface area contributed by atoms with Gasteiger partial charge in [0.15, 0.2) is 0 Å². The Morgan fingerprint density at radius 2 is 1.86 bits per heavy atom. The predicted octanol–water partition coefficient (Wildman–Crippen LogP) is 3.87. The summed E-state index contributed by atoms with van der Waals surface area (Å²) in [4.78, 5) is 4.42. The third-order valence-electron chi connectivity index (χ3n) is 3.26. The van der Waals surface area contributed by atoms with E-state index in [1.165, 1.54) is 6.04 Å². The van der Waals surface area contributed by atoms with E-state index in [1.807, 2.05) is 41.4 Å². The molecule has 0 amide bonds. The summed E-state index contributed by atoms with van der Waals surface area (Å²) >= 11 is 0. The molecule has 1 heterocycles. The van der Waals surface area contributed by atoms with E-state index in [1.54, 1.807) is 7.11 Å². The molecule has 0 aliphatic rings. The quantitative estimate of drug-likeness (QED) is 0.575. The third-order valence-corrected chi connectivity index (χ3v) is 4.96. The molecule has 0 radical (unpaired) electrons. The molecule has 0 saturated heterocycles. The zero-order valence-corrected chi connectivity index (χ0v) is 14.3. The van der Waals surface area contributed by atoms with Crippen LogP contribution >= 0.6 is 0 Å². The van der Waals surface area contributed by atoms with Gasteiger partial charge in [-0.15, -0.1) is 0 Å². The van der Waals surface area contributed by atoms with Crippen molar-refractivity contribution in [2.75, 3.05) is 13.7 Å². The molecule has 0 fully saturated rings. The second-order valence-electron chi connectivity index (χ2n) is 6.35. The average molecular weight is 304 g/mol. The summed E-state index contributed by atoms with van der Waals surface area (Å²) in [6, 6.07) is 9.10. The highest BCUT2D eigenvalue weighted by atomic mass is 28.3. The van der Waals surface area contributed by atoms with E-state index in [4.69, 9.17) is 9.47 Å². The van der Waals surface area contributed by atoms with E-state index in [9.17, 15) is 0 Å². The molecule has 5 heteroatoms. The number of methoxy groups -OCH3 is 1. The number of ether oxygens (including phenoxy) is 2. The van der Waals surface area contributed by atoms with E-state index in [-0.39, 0.29) is 0 Å². The number of aromatic nitrogens is 2. The molecule has 114 valence electrons. The Bertz CT molecular complexity index is 558. The standard InChI is InChI=1S/C16H24N2O2Si/c1-19-15-7-5-14(6-8-15)16-11-18(12-17-16)13-20-9-10-21(2,3)4/h5-8,11-12H,9-10,13H2,1-4H3. The Morgan fingerprint density at radius 3 is 2.48 bits per heavy atom. The van der Waals surface area contributed by atoms with Gasteiger partial charge >= 0.3 is 0 Å². The van der Waals surface area contributed by atoms with Gasteiger partial charge in [-0.2, -0.15) is 0 Å². The molecule has 0 aliphatic carbocycles. The number of hydrogen-bond acceptors (Lipinski definition) is 3. The van der Waals surface area contributed by atoms with Crippen LogP contribution in [0.25, 0.3) is 11.3 Å². The van der Waals surface area contributed by atoms with Crippen molar-refractivity contribution >= 4 is 8.07 Å². The van der Waals surface area contributed by atoms with E-state index in [0.717, 1.165) is 23.6 Å². The zero-order valence-electron chi connectivity index (χ0n) is 13.3. The number of nitrogens with zero attached hydrogens (tertiary/aromatic N) is 2. The number of benzene rings is 1. The van der Waals surface area contributed by atoms with Crippen LogP contribution in [0.5, 0.6) is 5.75 Å².